The van der Waals surface area contributed by atoms with Gasteiger partial charge in [-0.2, -0.15) is 0 Å². The van der Waals surface area contributed by atoms with E-state index in [1.54, 1.807) is 26.4 Å². The molecule has 0 unspecified atom stereocenters. The van der Waals surface area contributed by atoms with Crippen LogP contribution in [0.2, 0.25) is 0 Å². The number of rotatable bonds is 6. The SMILES string of the molecule is COc1ccc(C(=O)NCc2ccc(O)cc2O)c(OC)c1C12CC3CC(CC(C3)C1)C2. The first kappa shape index (κ1) is 21.0. The van der Waals surface area contributed by atoms with Crippen LogP contribution in [0.5, 0.6) is 23.0 Å². The smallest absolute Gasteiger partial charge is 0.255 e. The van der Waals surface area contributed by atoms with E-state index in [1.807, 2.05) is 6.07 Å². The highest BCUT2D eigenvalue weighted by Crippen LogP contribution is 2.63. The number of carbonyl (C=O) groups is 1. The van der Waals surface area contributed by atoms with Crippen LogP contribution in [-0.2, 0) is 12.0 Å². The van der Waals surface area contributed by atoms with Gasteiger partial charge >= 0.3 is 0 Å². The van der Waals surface area contributed by atoms with Gasteiger partial charge in [0.25, 0.3) is 5.91 Å². The number of carbonyl (C=O) groups excluding carboxylic acids is 1. The molecule has 4 bridgehead atoms. The molecule has 4 aliphatic rings. The summed E-state index contributed by atoms with van der Waals surface area (Å²) in [4.78, 5) is 13.2. The summed E-state index contributed by atoms with van der Waals surface area (Å²) in [7, 11) is 3.31. The highest BCUT2D eigenvalue weighted by molar-refractivity contribution is 5.98. The van der Waals surface area contributed by atoms with Gasteiger partial charge in [-0.25, -0.2) is 0 Å². The second-order valence-electron chi connectivity index (χ2n) is 9.92. The summed E-state index contributed by atoms with van der Waals surface area (Å²) in [6.07, 6.45) is 7.41. The van der Waals surface area contributed by atoms with Gasteiger partial charge in [-0.15, -0.1) is 0 Å². The Bertz CT molecular complexity index is 1010. The molecule has 4 saturated carbocycles. The number of benzene rings is 2. The van der Waals surface area contributed by atoms with Crippen molar-refractivity contribution in [2.75, 3.05) is 14.2 Å². The second-order valence-corrected chi connectivity index (χ2v) is 9.92. The first-order valence-electron chi connectivity index (χ1n) is 11.5. The number of hydrogen-bond acceptors (Lipinski definition) is 5. The van der Waals surface area contributed by atoms with Crippen LogP contribution in [-0.4, -0.2) is 30.3 Å². The summed E-state index contributed by atoms with van der Waals surface area (Å²) >= 11 is 0. The Kier molecular flexibility index (Phi) is 5.19. The van der Waals surface area contributed by atoms with Crippen LogP contribution in [0.15, 0.2) is 30.3 Å². The fourth-order valence-corrected chi connectivity index (χ4v) is 7.02. The summed E-state index contributed by atoms with van der Waals surface area (Å²) < 4.78 is 11.7. The molecule has 170 valence electrons. The van der Waals surface area contributed by atoms with E-state index in [-0.39, 0.29) is 29.4 Å². The van der Waals surface area contributed by atoms with Gasteiger partial charge < -0.3 is 25.0 Å². The lowest BCUT2D eigenvalue weighted by molar-refractivity contribution is -0.00719. The molecule has 2 aromatic carbocycles. The Balaban J connectivity index is 1.48. The Morgan fingerprint density at radius 3 is 2.22 bits per heavy atom. The zero-order valence-electron chi connectivity index (χ0n) is 18.7. The summed E-state index contributed by atoms with van der Waals surface area (Å²) in [5.74, 6) is 3.34. The fraction of sp³-hybridized carbons (Fsp3) is 0.500. The van der Waals surface area contributed by atoms with Gasteiger partial charge in [-0.3, -0.25) is 4.79 Å². The third-order valence-electron chi connectivity index (χ3n) is 7.86. The summed E-state index contributed by atoms with van der Waals surface area (Å²) in [6.45, 7) is 0.146. The maximum Gasteiger partial charge on any atom is 0.255 e. The molecular formula is C26H31NO5. The number of aromatic hydroxyl groups is 2. The number of nitrogens with one attached hydrogen (secondary N) is 1. The second kappa shape index (κ2) is 7.91. The van der Waals surface area contributed by atoms with E-state index in [0.717, 1.165) is 48.3 Å². The van der Waals surface area contributed by atoms with E-state index in [4.69, 9.17) is 9.47 Å². The monoisotopic (exact) mass is 437 g/mol. The number of ether oxygens (including phenoxy) is 2. The molecule has 0 saturated heterocycles. The molecule has 6 heteroatoms. The van der Waals surface area contributed by atoms with Crippen LogP contribution in [0.3, 0.4) is 0 Å². The van der Waals surface area contributed by atoms with Crippen LogP contribution in [0.4, 0.5) is 0 Å². The zero-order valence-corrected chi connectivity index (χ0v) is 18.7. The molecule has 0 atom stereocenters. The van der Waals surface area contributed by atoms with Crippen molar-refractivity contribution in [1.82, 2.24) is 5.32 Å². The average molecular weight is 438 g/mol. The lowest BCUT2D eigenvalue weighted by atomic mass is 9.47. The molecule has 0 spiro atoms. The topological polar surface area (TPSA) is 88.0 Å². The maximum absolute atomic E-state index is 13.2. The Labute approximate surface area is 188 Å². The summed E-state index contributed by atoms with van der Waals surface area (Å²) in [5.41, 5.74) is 2.08. The Morgan fingerprint density at radius 1 is 1.00 bits per heavy atom. The van der Waals surface area contributed by atoms with Crippen LogP contribution in [0, 0.1) is 17.8 Å². The number of phenols is 2. The molecule has 4 fully saturated rings. The van der Waals surface area contributed by atoms with Gasteiger partial charge in [-0.1, -0.05) is 0 Å². The third kappa shape index (κ3) is 3.46. The van der Waals surface area contributed by atoms with E-state index < -0.39 is 0 Å². The van der Waals surface area contributed by atoms with Crippen molar-refractivity contribution in [1.29, 1.82) is 0 Å². The maximum atomic E-state index is 13.2. The highest BCUT2D eigenvalue weighted by atomic mass is 16.5. The normalized spacial score (nSPS) is 27.9. The summed E-state index contributed by atoms with van der Waals surface area (Å²) in [5, 5.41) is 22.4. The molecule has 0 heterocycles. The summed E-state index contributed by atoms with van der Waals surface area (Å²) in [6, 6.07) is 8.00. The van der Waals surface area contributed by atoms with E-state index in [1.165, 1.54) is 31.4 Å². The van der Waals surface area contributed by atoms with Crippen LogP contribution in [0.1, 0.15) is 60.0 Å². The number of hydrogen-bond donors (Lipinski definition) is 3. The van der Waals surface area contributed by atoms with Crippen molar-refractivity contribution < 1.29 is 24.5 Å². The van der Waals surface area contributed by atoms with Crippen molar-refractivity contribution in [2.45, 2.75) is 50.5 Å². The zero-order chi connectivity index (χ0) is 22.5. The van der Waals surface area contributed by atoms with Crippen molar-refractivity contribution >= 4 is 5.91 Å². The third-order valence-corrected chi connectivity index (χ3v) is 7.86. The predicted molar refractivity (Wildman–Crippen MR) is 120 cm³/mol. The van der Waals surface area contributed by atoms with Gasteiger partial charge in [0.05, 0.1) is 19.8 Å². The molecule has 0 aromatic heterocycles. The molecule has 0 radical (unpaired) electrons. The first-order valence-corrected chi connectivity index (χ1v) is 11.5. The predicted octanol–water partition coefficient (Wildman–Crippen LogP) is 4.51. The van der Waals surface area contributed by atoms with Crippen molar-refractivity contribution in [3.05, 3.63) is 47.0 Å². The molecule has 1 amide bonds. The standard InChI is InChI=1S/C26H31NO5/c1-31-22-6-5-20(25(30)27-14-18-3-4-19(28)10-21(18)29)24(32-2)23(22)26-11-15-7-16(12-26)9-17(8-15)13-26/h3-6,10,15-17,28-29H,7-9,11-14H2,1-2H3,(H,27,30). The van der Waals surface area contributed by atoms with Crippen LogP contribution in [0.25, 0.3) is 0 Å². The molecule has 6 nitrogen and oxygen atoms in total. The lowest BCUT2D eigenvalue weighted by Crippen LogP contribution is -2.49. The van der Waals surface area contributed by atoms with E-state index in [0.29, 0.717) is 16.9 Å². The van der Waals surface area contributed by atoms with Crippen LogP contribution < -0.4 is 14.8 Å². The molecule has 3 N–H and O–H groups in total. The number of amides is 1. The minimum Gasteiger partial charge on any atom is -0.508 e. The van der Waals surface area contributed by atoms with E-state index >= 15 is 0 Å². The minimum atomic E-state index is -0.261. The molecule has 0 aliphatic heterocycles. The number of phenolic OH excluding ortho intramolecular Hbond substituents is 2. The average Bonchev–Trinajstić information content (AvgIpc) is 2.76. The molecule has 32 heavy (non-hydrogen) atoms. The highest BCUT2D eigenvalue weighted by Gasteiger charge is 2.53. The van der Waals surface area contributed by atoms with E-state index in [2.05, 4.69) is 5.32 Å². The number of methoxy groups -OCH3 is 2. The van der Waals surface area contributed by atoms with Gasteiger partial charge in [0.2, 0.25) is 0 Å². The van der Waals surface area contributed by atoms with E-state index in [9.17, 15) is 15.0 Å². The quantitative estimate of drug-likeness (QED) is 0.619. The van der Waals surface area contributed by atoms with Gasteiger partial charge in [0, 0.05) is 29.2 Å². The molecule has 2 aromatic rings. The first-order chi connectivity index (χ1) is 15.4. The van der Waals surface area contributed by atoms with Crippen molar-refractivity contribution in [3.8, 4) is 23.0 Å². The molecule has 4 aliphatic carbocycles. The molecular weight excluding hydrogens is 406 g/mol. The fourth-order valence-electron chi connectivity index (χ4n) is 7.02. The van der Waals surface area contributed by atoms with Crippen molar-refractivity contribution in [3.63, 3.8) is 0 Å². The van der Waals surface area contributed by atoms with Crippen molar-refractivity contribution in [2.24, 2.45) is 17.8 Å². The largest absolute Gasteiger partial charge is 0.508 e. The van der Waals surface area contributed by atoms with Gasteiger partial charge in [0.1, 0.15) is 23.0 Å². The lowest BCUT2D eigenvalue weighted by Gasteiger charge is -2.57. The Hall–Kier alpha value is -2.89. The van der Waals surface area contributed by atoms with Gasteiger partial charge in [0.15, 0.2) is 0 Å². The molecule has 6 rings (SSSR count). The van der Waals surface area contributed by atoms with Gasteiger partial charge in [-0.05, 0) is 80.5 Å². The minimum absolute atomic E-state index is 0.0109. The Morgan fingerprint density at radius 2 is 1.66 bits per heavy atom. The van der Waals surface area contributed by atoms with Crippen LogP contribution >= 0.6 is 0 Å².